The van der Waals surface area contributed by atoms with E-state index < -0.39 is 0 Å². The van der Waals surface area contributed by atoms with E-state index in [-0.39, 0.29) is 38.2 Å². The largest absolute Gasteiger partial charge is 1.00 e. The van der Waals surface area contributed by atoms with Crippen molar-refractivity contribution in [2.24, 2.45) is 0 Å². The molecule has 3 heterocycles. The molecule has 1 aromatic heterocycles. The average molecular weight is 601 g/mol. The van der Waals surface area contributed by atoms with Crippen LogP contribution in [-0.2, 0) is 5.41 Å². The van der Waals surface area contributed by atoms with Gasteiger partial charge in [0.05, 0.1) is 0 Å². The van der Waals surface area contributed by atoms with Gasteiger partial charge in [-0.2, -0.15) is 0 Å². The summed E-state index contributed by atoms with van der Waals surface area (Å²) >= 11 is 1.86. The van der Waals surface area contributed by atoms with E-state index in [1.165, 1.54) is 46.7 Å². The Morgan fingerprint density at radius 3 is 2.51 bits per heavy atom. The van der Waals surface area contributed by atoms with Gasteiger partial charge < -0.3 is 12.4 Å². The molecule has 0 saturated heterocycles. The van der Waals surface area contributed by atoms with Crippen molar-refractivity contribution >= 4 is 47.1 Å². The number of carbonyl (C=O) groups is 1. The summed E-state index contributed by atoms with van der Waals surface area (Å²) < 4.78 is 5.04. The van der Waals surface area contributed by atoms with E-state index >= 15 is 0 Å². The van der Waals surface area contributed by atoms with Crippen LogP contribution >= 0.6 is 11.3 Å². The van der Waals surface area contributed by atoms with Gasteiger partial charge in [-0.05, 0) is 0 Å². The van der Waals surface area contributed by atoms with E-state index in [0.29, 0.717) is 0 Å². The molecular formula is C30H36ClN3OSSe. The molecule has 0 atom stereocenters. The summed E-state index contributed by atoms with van der Waals surface area (Å²) in [5, 5.41) is 2.59. The number of halogens is 1. The second kappa shape index (κ2) is 10.6. The van der Waals surface area contributed by atoms with Crippen molar-refractivity contribution in [1.82, 2.24) is 9.48 Å². The number of nitrogens with zero attached hydrogens (tertiary/aromatic N) is 3. The third-order valence-electron chi connectivity index (χ3n) is 7.66. The van der Waals surface area contributed by atoms with Crippen LogP contribution in [0.15, 0.2) is 42.5 Å². The molecule has 1 aliphatic carbocycles. The number of carbonyl (C=O) groups excluding carboxylic acids is 1. The van der Waals surface area contributed by atoms with Crippen molar-refractivity contribution in [2.45, 2.75) is 39.5 Å². The summed E-state index contributed by atoms with van der Waals surface area (Å²) in [7, 11) is 6.44. The first-order valence-electron chi connectivity index (χ1n) is 12.8. The fourth-order valence-corrected chi connectivity index (χ4v) is 8.71. The van der Waals surface area contributed by atoms with E-state index in [4.69, 9.17) is 0 Å². The molecule has 2 aromatic rings. The Morgan fingerprint density at radius 1 is 1.11 bits per heavy atom. The van der Waals surface area contributed by atoms with Crippen molar-refractivity contribution in [3.63, 3.8) is 0 Å². The fraction of sp³-hybridized carbons (Fsp3) is 0.400. The molecule has 0 saturated carbocycles. The minimum absolute atomic E-state index is 0. The topological polar surface area (TPSA) is 26.6 Å². The van der Waals surface area contributed by atoms with Crippen molar-refractivity contribution in [2.75, 3.05) is 45.7 Å². The number of anilines is 1. The molecule has 2 aliphatic heterocycles. The van der Waals surface area contributed by atoms with E-state index in [0.717, 1.165) is 30.9 Å². The number of rotatable bonds is 4. The van der Waals surface area contributed by atoms with Crippen molar-refractivity contribution < 1.29 is 17.2 Å². The van der Waals surface area contributed by atoms with Gasteiger partial charge >= 0.3 is 225 Å². The molecule has 5 rings (SSSR count). The van der Waals surface area contributed by atoms with Gasteiger partial charge in [-0.15, -0.1) is 0 Å². The summed E-state index contributed by atoms with van der Waals surface area (Å²) in [6.07, 6.45) is 1.15. The molecule has 196 valence electrons. The molecule has 0 radical (unpaired) electrons. The normalized spacial score (nSPS) is 14.4. The smallest absolute Gasteiger partial charge is 1.00 e. The number of thiophene rings is 1. The van der Waals surface area contributed by atoms with Gasteiger partial charge in [0.2, 0.25) is 0 Å². The third kappa shape index (κ3) is 4.90. The van der Waals surface area contributed by atoms with Gasteiger partial charge in [-0.25, -0.2) is 0 Å². The van der Waals surface area contributed by atoms with E-state index in [1.54, 1.807) is 11.3 Å². The number of hydrogen-bond donors (Lipinski definition) is 0. The monoisotopic (exact) mass is 601 g/mol. The quantitative estimate of drug-likeness (QED) is 0.204. The first-order valence-corrected chi connectivity index (χ1v) is 15.3. The van der Waals surface area contributed by atoms with E-state index in [1.807, 2.05) is 24.8 Å². The van der Waals surface area contributed by atoms with Crippen LogP contribution in [0.4, 0.5) is 5.69 Å². The second-order valence-electron chi connectivity index (χ2n) is 10.6. The maximum absolute atomic E-state index is 13.1. The SMILES string of the molecule is CCN(CC)C(=O)c1ccc(-c2c3ccc(=[N+](C)C)cc-3[se]c3cc4c(cc23)C(C)(C)CCN4C)s1.[Cl-]. The minimum Gasteiger partial charge on any atom is -1.00 e. The Balaban J connectivity index is 0.00000320. The van der Waals surface area contributed by atoms with Gasteiger partial charge in [0.15, 0.2) is 0 Å². The van der Waals surface area contributed by atoms with Crippen molar-refractivity contribution in [1.29, 1.82) is 0 Å². The van der Waals surface area contributed by atoms with Gasteiger partial charge in [-0.1, -0.05) is 0 Å². The summed E-state index contributed by atoms with van der Waals surface area (Å²) in [5.41, 5.74) is 5.56. The Labute approximate surface area is 236 Å². The summed E-state index contributed by atoms with van der Waals surface area (Å²) in [6.45, 7) is 11.4. The molecule has 1 aromatic carbocycles. The summed E-state index contributed by atoms with van der Waals surface area (Å²) in [5.74, 6) is 0.133. The average Bonchev–Trinajstić information content (AvgIpc) is 3.34. The molecule has 4 nitrogen and oxygen atoms in total. The number of fused-ring (bicyclic) bond motifs is 3. The van der Waals surface area contributed by atoms with Gasteiger partial charge in [0, 0.05) is 0 Å². The third-order valence-corrected chi connectivity index (χ3v) is 11.1. The number of hydrogen-bond acceptors (Lipinski definition) is 3. The second-order valence-corrected chi connectivity index (χ2v) is 14.0. The standard InChI is InChI=1S/C30H36N3OSSe.ClH/c1-8-33(9-2)29(34)25-13-12-24(35-25)28-20-11-10-19(31(5)6)16-26(20)36-27-18-23-22(17-21(27)28)30(3,4)14-15-32(23)7;/h10-13,16-18H,8-9,14-15H2,1-7H3;1H/q+1;/p-1. The Hall–Kier alpha value is -2.11. The van der Waals surface area contributed by atoms with Gasteiger partial charge in [-0.3, -0.25) is 0 Å². The molecule has 0 unspecified atom stereocenters. The van der Waals surface area contributed by atoms with Crippen LogP contribution in [0.25, 0.3) is 30.1 Å². The predicted molar refractivity (Wildman–Crippen MR) is 156 cm³/mol. The molecule has 1 amide bonds. The van der Waals surface area contributed by atoms with Crippen molar-refractivity contribution in [3.05, 3.63) is 58.3 Å². The van der Waals surface area contributed by atoms with Crippen LogP contribution in [0.3, 0.4) is 0 Å². The molecule has 0 N–H and O–H groups in total. The molecule has 0 spiro atoms. The molecule has 0 bridgehead atoms. The van der Waals surface area contributed by atoms with Gasteiger partial charge in [0.25, 0.3) is 0 Å². The van der Waals surface area contributed by atoms with Crippen LogP contribution in [0.2, 0.25) is 0 Å². The zero-order valence-electron chi connectivity index (χ0n) is 22.8. The summed E-state index contributed by atoms with van der Waals surface area (Å²) in [6, 6.07) is 16.0. The van der Waals surface area contributed by atoms with E-state index in [2.05, 4.69) is 80.9 Å². The fourth-order valence-electron chi connectivity index (χ4n) is 5.27. The van der Waals surface area contributed by atoms with Crippen LogP contribution in [-0.4, -0.2) is 66.1 Å². The first kappa shape index (κ1) is 27.9. The Bertz CT molecular complexity index is 1510. The van der Waals surface area contributed by atoms with E-state index in [9.17, 15) is 4.79 Å². The molecular weight excluding hydrogens is 565 g/mol. The van der Waals surface area contributed by atoms with Crippen LogP contribution in [0, 0.1) is 0 Å². The summed E-state index contributed by atoms with van der Waals surface area (Å²) in [4.78, 5) is 19.5. The zero-order valence-corrected chi connectivity index (χ0v) is 26.1. The van der Waals surface area contributed by atoms with Crippen molar-refractivity contribution in [3.8, 4) is 20.4 Å². The predicted octanol–water partition coefficient (Wildman–Crippen LogP) is 2.37. The van der Waals surface area contributed by atoms with Crippen LogP contribution < -0.4 is 27.2 Å². The Kier molecular flexibility index (Phi) is 7.97. The first-order chi connectivity index (χ1) is 17.1. The van der Waals surface area contributed by atoms with Crippen LogP contribution in [0.5, 0.6) is 0 Å². The maximum Gasteiger partial charge on any atom is -1.00 e. The van der Waals surface area contributed by atoms with Crippen LogP contribution in [0.1, 0.15) is 49.4 Å². The number of benzene rings is 2. The molecule has 0 fully saturated rings. The van der Waals surface area contributed by atoms with Gasteiger partial charge in [0.1, 0.15) is 0 Å². The molecule has 37 heavy (non-hydrogen) atoms. The molecule has 7 heteroatoms. The number of amides is 1. The zero-order chi connectivity index (χ0) is 25.8. The molecule has 3 aliphatic rings. The maximum atomic E-state index is 13.1. The Morgan fingerprint density at radius 2 is 1.84 bits per heavy atom. The minimum atomic E-state index is 0.